The van der Waals surface area contributed by atoms with Gasteiger partial charge in [-0.05, 0) is 44.0 Å². The zero-order valence-electron chi connectivity index (χ0n) is 13.5. The molecule has 0 aliphatic carbocycles. The molecule has 1 fully saturated rings. The SMILES string of the molecule is CCOC(=O)Nc1ccc(NC(=O)N(C)C[C@@H]2CCCO2)cc1. The van der Waals surface area contributed by atoms with Crippen LogP contribution in [0.3, 0.4) is 0 Å². The van der Waals surface area contributed by atoms with Crippen molar-refractivity contribution in [1.29, 1.82) is 0 Å². The second kappa shape index (κ2) is 8.38. The molecule has 0 unspecified atom stereocenters. The van der Waals surface area contributed by atoms with Crippen molar-refractivity contribution in [3.63, 3.8) is 0 Å². The number of benzene rings is 1. The van der Waals surface area contributed by atoms with Gasteiger partial charge in [0, 0.05) is 31.6 Å². The summed E-state index contributed by atoms with van der Waals surface area (Å²) in [6, 6.07) is 6.66. The molecule has 2 rings (SSSR count). The third-order valence-electron chi connectivity index (χ3n) is 3.51. The van der Waals surface area contributed by atoms with Gasteiger partial charge < -0.3 is 19.7 Å². The van der Waals surface area contributed by atoms with E-state index in [0.29, 0.717) is 24.5 Å². The molecule has 1 aliphatic rings. The number of likely N-dealkylation sites (N-methyl/N-ethyl adjacent to an activating group) is 1. The monoisotopic (exact) mass is 321 g/mol. The smallest absolute Gasteiger partial charge is 0.411 e. The molecule has 7 heteroatoms. The van der Waals surface area contributed by atoms with Crippen LogP contribution in [0.1, 0.15) is 19.8 Å². The maximum Gasteiger partial charge on any atom is 0.411 e. The normalized spacial score (nSPS) is 16.7. The average Bonchev–Trinajstić information content (AvgIpc) is 3.02. The molecule has 1 saturated heterocycles. The molecule has 1 heterocycles. The quantitative estimate of drug-likeness (QED) is 0.874. The van der Waals surface area contributed by atoms with Gasteiger partial charge in [0.25, 0.3) is 0 Å². The van der Waals surface area contributed by atoms with Gasteiger partial charge in [-0.1, -0.05) is 0 Å². The molecular weight excluding hydrogens is 298 g/mol. The lowest BCUT2D eigenvalue weighted by molar-refractivity contribution is 0.0894. The van der Waals surface area contributed by atoms with E-state index in [1.807, 2.05) is 0 Å². The van der Waals surface area contributed by atoms with Crippen molar-refractivity contribution in [3.8, 4) is 0 Å². The van der Waals surface area contributed by atoms with Gasteiger partial charge in [-0.25, -0.2) is 9.59 Å². The van der Waals surface area contributed by atoms with E-state index in [4.69, 9.17) is 9.47 Å². The molecule has 0 spiro atoms. The van der Waals surface area contributed by atoms with Crippen molar-refractivity contribution in [2.75, 3.05) is 37.4 Å². The van der Waals surface area contributed by atoms with Crippen molar-refractivity contribution < 1.29 is 19.1 Å². The Morgan fingerprint density at radius 1 is 1.26 bits per heavy atom. The van der Waals surface area contributed by atoms with Gasteiger partial charge in [0.2, 0.25) is 0 Å². The Balaban J connectivity index is 1.82. The minimum atomic E-state index is -0.499. The number of nitrogens with one attached hydrogen (secondary N) is 2. The number of urea groups is 1. The first-order valence-electron chi connectivity index (χ1n) is 7.76. The number of hydrogen-bond donors (Lipinski definition) is 2. The van der Waals surface area contributed by atoms with Crippen LogP contribution in [0.4, 0.5) is 21.0 Å². The number of ether oxygens (including phenoxy) is 2. The minimum absolute atomic E-state index is 0.127. The highest BCUT2D eigenvalue weighted by molar-refractivity contribution is 5.90. The topological polar surface area (TPSA) is 79.9 Å². The molecule has 1 aliphatic heterocycles. The van der Waals surface area contributed by atoms with Gasteiger partial charge in [-0.15, -0.1) is 0 Å². The van der Waals surface area contributed by atoms with Crippen LogP contribution < -0.4 is 10.6 Å². The Hall–Kier alpha value is -2.28. The van der Waals surface area contributed by atoms with Crippen LogP contribution in [0.5, 0.6) is 0 Å². The minimum Gasteiger partial charge on any atom is -0.450 e. The van der Waals surface area contributed by atoms with E-state index in [9.17, 15) is 9.59 Å². The van der Waals surface area contributed by atoms with Crippen LogP contribution in [0.25, 0.3) is 0 Å². The number of rotatable bonds is 5. The predicted molar refractivity (Wildman–Crippen MR) is 87.7 cm³/mol. The van der Waals surface area contributed by atoms with Gasteiger partial charge in [0.15, 0.2) is 0 Å². The van der Waals surface area contributed by atoms with Crippen LogP contribution in [0.15, 0.2) is 24.3 Å². The Bertz CT molecular complexity index is 527. The third-order valence-corrected chi connectivity index (χ3v) is 3.51. The van der Waals surface area contributed by atoms with Gasteiger partial charge in [0.1, 0.15) is 0 Å². The average molecular weight is 321 g/mol. The van der Waals surface area contributed by atoms with Gasteiger partial charge in [-0.2, -0.15) is 0 Å². The molecule has 7 nitrogen and oxygen atoms in total. The van der Waals surface area contributed by atoms with Crippen LogP contribution in [0.2, 0.25) is 0 Å². The molecule has 1 atom stereocenters. The summed E-state index contributed by atoms with van der Waals surface area (Å²) in [6.07, 6.45) is 1.67. The zero-order valence-corrected chi connectivity index (χ0v) is 13.5. The van der Waals surface area contributed by atoms with Crippen molar-refractivity contribution in [2.45, 2.75) is 25.9 Å². The fraction of sp³-hybridized carbons (Fsp3) is 0.500. The molecule has 126 valence electrons. The number of hydrogen-bond acceptors (Lipinski definition) is 4. The number of carbonyl (C=O) groups is 2. The summed E-state index contributed by atoms with van der Waals surface area (Å²) in [5, 5.41) is 5.40. The summed E-state index contributed by atoms with van der Waals surface area (Å²) in [5.74, 6) is 0. The molecule has 1 aromatic rings. The molecule has 1 aromatic carbocycles. The molecule has 0 aromatic heterocycles. The maximum atomic E-state index is 12.1. The number of nitrogens with zero attached hydrogens (tertiary/aromatic N) is 1. The van der Waals surface area contributed by atoms with Gasteiger partial charge in [0.05, 0.1) is 12.7 Å². The predicted octanol–water partition coefficient (Wildman–Crippen LogP) is 2.90. The van der Waals surface area contributed by atoms with E-state index < -0.39 is 6.09 Å². The Morgan fingerprint density at radius 3 is 2.48 bits per heavy atom. The summed E-state index contributed by atoms with van der Waals surface area (Å²) >= 11 is 0. The van der Waals surface area contributed by atoms with Gasteiger partial charge >= 0.3 is 12.1 Å². The Labute approximate surface area is 135 Å². The molecule has 2 N–H and O–H groups in total. The van der Waals surface area contributed by atoms with Crippen molar-refractivity contribution >= 4 is 23.5 Å². The van der Waals surface area contributed by atoms with Crippen LogP contribution in [0, 0.1) is 0 Å². The van der Waals surface area contributed by atoms with Crippen LogP contribution >= 0.6 is 0 Å². The highest BCUT2D eigenvalue weighted by Gasteiger charge is 2.20. The largest absolute Gasteiger partial charge is 0.450 e. The van der Waals surface area contributed by atoms with E-state index in [2.05, 4.69) is 10.6 Å². The number of anilines is 2. The van der Waals surface area contributed by atoms with Crippen LogP contribution in [-0.2, 0) is 9.47 Å². The Kier molecular flexibility index (Phi) is 6.22. The lowest BCUT2D eigenvalue weighted by Crippen LogP contribution is -2.37. The lowest BCUT2D eigenvalue weighted by atomic mass is 10.2. The highest BCUT2D eigenvalue weighted by atomic mass is 16.5. The fourth-order valence-corrected chi connectivity index (χ4v) is 2.32. The van der Waals surface area contributed by atoms with Crippen molar-refractivity contribution in [1.82, 2.24) is 4.90 Å². The van der Waals surface area contributed by atoms with Crippen molar-refractivity contribution in [2.24, 2.45) is 0 Å². The molecule has 0 saturated carbocycles. The molecule has 3 amide bonds. The third kappa shape index (κ3) is 5.45. The summed E-state index contributed by atoms with van der Waals surface area (Å²) in [5.41, 5.74) is 1.26. The van der Waals surface area contributed by atoms with Crippen LogP contribution in [-0.4, -0.2) is 49.9 Å². The Morgan fingerprint density at radius 2 is 1.91 bits per heavy atom. The molecule has 23 heavy (non-hydrogen) atoms. The van der Waals surface area contributed by atoms with E-state index in [1.54, 1.807) is 43.1 Å². The van der Waals surface area contributed by atoms with Gasteiger partial charge in [-0.3, -0.25) is 5.32 Å². The second-order valence-corrected chi connectivity index (χ2v) is 5.37. The first-order valence-corrected chi connectivity index (χ1v) is 7.76. The first-order chi connectivity index (χ1) is 11.1. The standard InChI is InChI=1S/C16H23N3O4/c1-3-22-16(21)18-13-8-6-12(7-9-13)17-15(20)19(2)11-14-5-4-10-23-14/h6-9,14H,3-5,10-11H2,1-2H3,(H,17,20)(H,18,21)/t14-/m0/s1. The first kappa shape index (κ1) is 17.1. The zero-order chi connectivity index (χ0) is 16.7. The molecule has 0 radical (unpaired) electrons. The van der Waals surface area contributed by atoms with E-state index in [1.165, 1.54) is 0 Å². The fourth-order valence-electron chi connectivity index (χ4n) is 2.32. The van der Waals surface area contributed by atoms with E-state index in [0.717, 1.165) is 19.4 Å². The number of carbonyl (C=O) groups excluding carboxylic acids is 2. The molecular formula is C16H23N3O4. The summed E-state index contributed by atoms with van der Waals surface area (Å²) in [7, 11) is 1.74. The maximum absolute atomic E-state index is 12.1. The van der Waals surface area contributed by atoms with E-state index in [-0.39, 0.29) is 12.1 Å². The van der Waals surface area contributed by atoms with Crippen molar-refractivity contribution in [3.05, 3.63) is 24.3 Å². The second-order valence-electron chi connectivity index (χ2n) is 5.37. The number of amides is 3. The summed E-state index contributed by atoms with van der Waals surface area (Å²) in [6.45, 7) is 3.41. The highest BCUT2D eigenvalue weighted by Crippen LogP contribution is 2.16. The molecule has 0 bridgehead atoms. The lowest BCUT2D eigenvalue weighted by Gasteiger charge is -2.21. The summed E-state index contributed by atoms with van der Waals surface area (Å²) < 4.78 is 10.3. The summed E-state index contributed by atoms with van der Waals surface area (Å²) in [4.78, 5) is 25.0. The van der Waals surface area contributed by atoms with E-state index >= 15 is 0 Å².